The fraction of sp³-hybridized carbons (Fsp3) is 0.333. The molecule has 0 spiro atoms. The summed E-state index contributed by atoms with van der Waals surface area (Å²) in [7, 11) is 0. The van der Waals surface area contributed by atoms with Crippen LogP contribution in [0.1, 0.15) is 38.1 Å². The van der Waals surface area contributed by atoms with E-state index in [4.69, 9.17) is 4.74 Å². The zero-order valence-electron chi connectivity index (χ0n) is 18.1. The molecule has 0 aliphatic rings. The smallest absolute Gasteiger partial charge is 0.306 e. The standard InChI is InChI=1S/C24H27N3O4/c1-4-17(3)25-22(28)15-31-23(29)14-13-21-26-20-8-6-5-7-19(20)24(30)27(21)18-11-9-16(2)10-12-18/h5-12,17H,4,13-15H2,1-3H3,(H,25,28)/t17-/m0/s1. The number of hydrogen-bond donors (Lipinski definition) is 1. The number of nitrogens with zero attached hydrogens (tertiary/aromatic N) is 2. The molecular weight excluding hydrogens is 394 g/mol. The molecular formula is C24H27N3O4. The van der Waals surface area contributed by atoms with Crippen molar-refractivity contribution in [1.82, 2.24) is 14.9 Å². The molecule has 0 aliphatic heterocycles. The van der Waals surface area contributed by atoms with E-state index in [1.165, 1.54) is 4.57 Å². The number of para-hydroxylation sites is 1. The van der Waals surface area contributed by atoms with Gasteiger partial charge in [-0.1, -0.05) is 36.8 Å². The second kappa shape index (κ2) is 10.0. The van der Waals surface area contributed by atoms with E-state index in [9.17, 15) is 14.4 Å². The van der Waals surface area contributed by atoms with Crippen molar-refractivity contribution in [2.45, 2.75) is 46.1 Å². The Morgan fingerprint density at radius 2 is 1.84 bits per heavy atom. The summed E-state index contributed by atoms with van der Waals surface area (Å²) in [6.45, 7) is 5.50. The van der Waals surface area contributed by atoms with Crippen LogP contribution in [0.4, 0.5) is 0 Å². The molecule has 3 aromatic rings. The van der Waals surface area contributed by atoms with Gasteiger partial charge in [0.05, 0.1) is 23.0 Å². The molecule has 7 heteroatoms. The maximum Gasteiger partial charge on any atom is 0.306 e. The maximum absolute atomic E-state index is 13.2. The third-order valence-corrected chi connectivity index (χ3v) is 5.07. The normalized spacial score (nSPS) is 11.8. The Labute approximate surface area is 181 Å². The number of aromatic nitrogens is 2. The van der Waals surface area contributed by atoms with Crippen molar-refractivity contribution in [3.8, 4) is 5.69 Å². The number of nitrogens with one attached hydrogen (secondary N) is 1. The van der Waals surface area contributed by atoms with Gasteiger partial charge in [0.1, 0.15) is 5.82 Å². The van der Waals surface area contributed by atoms with Gasteiger partial charge in [-0.3, -0.25) is 19.0 Å². The topological polar surface area (TPSA) is 90.3 Å². The van der Waals surface area contributed by atoms with E-state index in [1.54, 1.807) is 18.2 Å². The van der Waals surface area contributed by atoms with E-state index in [2.05, 4.69) is 10.3 Å². The highest BCUT2D eigenvalue weighted by Crippen LogP contribution is 2.15. The van der Waals surface area contributed by atoms with Gasteiger partial charge < -0.3 is 10.1 Å². The molecule has 0 bridgehead atoms. The van der Waals surface area contributed by atoms with Crippen LogP contribution in [0, 0.1) is 6.92 Å². The van der Waals surface area contributed by atoms with Crippen molar-refractivity contribution in [2.75, 3.05) is 6.61 Å². The molecule has 1 heterocycles. The lowest BCUT2D eigenvalue weighted by Gasteiger charge is -2.14. The summed E-state index contributed by atoms with van der Waals surface area (Å²) in [5.74, 6) is -0.381. The van der Waals surface area contributed by atoms with E-state index in [-0.39, 0.29) is 37.0 Å². The maximum atomic E-state index is 13.2. The molecule has 1 amide bonds. The number of aryl methyl sites for hydroxylation is 2. The summed E-state index contributed by atoms with van der Waals surface area (Å²) >= 11 is 0. The number of amides is 1. The molecule has 1 atom stereocenters. The molecule has 2 aromatic carbocycles. The highest BCUT2D eigenvalue weighted by atomic mass is 16.5. The minimum atomic E-state index is -0.517. The molecule has 0 aliphatic carbocycles. The second-order valence-corrected chi connectivity index (χ2v) is 7.56. The number of carbonyl (C=O) groups is 2. The number of ether oxygens (including phenoxy) is 1. The monoisotopic (exact) mass is 421 g/mol. The van der Waals surface area contributed by atoms with Crippen LogP contribution in [0.5, 0.6) is 0 Å². The summed E-state index contributed by atoms with van der Waals surface area (Å²) in [6.07, 6.45) is 1.01. The number of benzene rings is 2. The van der Waals surface area contributed by atoms with Gasteiger partial charge in [0, 0.05) is 12.5 Å². The van der Waals surface area contributed by atoms with Crippen molar-refractivity contribution >= 4 is 22.8 Å². The lowest BCUT2D eigenvalue weighted by atomic mass is 10.2. The molecule has 3 rings (SSSR count). The summed E-state index contributed by atoms with van der Waals surface area (Å²) in [5.41, 5.74) is 2.15. The Morgan fingerprint density at radius 1 is 1.13 bits per heavy atom. The van der Waals surface area contributed by atoms with Gasteiger partial charge in [-0.05, 0) is 44.5 Å². The minimum absolute atomic E-state index is 0.00720. The number of fused-ring (bicyclic) bond motifs is 1. The van der Waals surface area contributed by atoms with Crippen LogP contribution >= 0.6 is 0 Å². The van der Waals surface area contributed by atoms with Gasteiger partial charge in [-0.25, -0.2) is 4.98 Å². The van der Waals surface area contributed by atoms with Crippen LogP contribution in [0.3, 0.4) is 0 Å². The van der Waals surface area contributed by atoms with Crippen LogP contribution in [-0.4, -0.2) is 34.1 Å². The SMILES string of the molecule is CC[C@H](C)NC(=O)COC(=O)CCc1nc2ccccc2c(=O)n1-c1ccc(C)cc1. The highest BCUT2D eigenvalue weighted by molar-refractivity contribution is 5.81. The summed E-state index contributed by atoms with van der Waals surface area (Å²) in [5, 5.41) is 3.26. The molecule has 1 N–H and O–H groups in total. The predicted molar refractivity (Wildman–Crippen MR) is 119 cm³/mol. The van der Waals surface area contributed by atoms with Crippen molar-refractivity contribution < 1.29 is 14.3 Å². The zero-order valence-corrected chi connectivity index (χ0v) is 18.1. The Kier molecular flexibility index (Phi) is 7.18. The number of esters is 1. The third-order valence-electron chi connectivity index (χ3n) is 5.07. The summed E-state index contributed by atoms with van der Waals surface area (Å²) in [6, 6.07) is 14.7. The van der Waals surface area contributed by atoms with Crippen molar-refractivity contribution in [3.05, 3.63) is 70.3 Å². The zero-order chi connectivity index (χ0) is 22.4. The minimum Gasteiger partial charge on any atom is -0.456 e. The second-order valence-electron chi connectivity index (χ2n) is 7.56. The van der Waals surface area contributed by atoms with Crippen molar-refractivity contribution in [3.63, 3.8) is 0 Å². The largest absolute Gasteiger partial charge is 0.456 e. The third kappa shape index (κ3) is 5.57. The molecule has 7 nitrogen and oxygen atoms in total. The molecule has 0 unspecified atom stereocenters. The van der Waals surface area contributed by atoms with Gasteiger partial charge in [-0.2, -0.15) is 0 Å². The number of hydrogen-bond acceptors (Lipinski definition) is 5. The van der Waals surface area contributed by atoms with E-state index < -0.39 is 5.97 Å². The first-order valence-corrected chi connectivity index (χ1v) is 10.4. The average Bonchev–Trinajstić information content (AvgIpc) is 2.77. The van der Waals surface area contributed by atoms with Gasteiger partial charge >= 0.3 is 5.97 Å². The van der Waals surface area contributed by atoms with Gasteiger partial charge in [0.25, 0.3) is 11.5 Å². The van der Waals surface area contributed by atoms with Gasteiger partial charge in [0.2, 0.25) is 0 Å². The Bertz CT molecular complexity index is 1140. The average molecular weight is 421 g/mol. The highest BCUT2D eigenvalue weighted by Gasteiger charge is 2.15. The molecule has 0 radical (unpaired) electrons. The Balaban J connectivity index is 1.80. The molecule has 1 aromatic heterocycles. The first kappa shape index (κ1) is 22.2. The van der Waals surface area contributed by atoms with Crippen LogP contribution in [0.2, 0.25) is 0 Å². The molecule has 0 saturated carbocycles. The Hall–Kier alpha value is -3.48. The predicted octanol–water partition coefficient (Wildman–Crippen LogP) is 3.08. The first-order valence-electron chi connectivity index (χ1n) is 10.4. The molecule has 0 saturated heterocycles. The van der Waals surface area contributed by atoms with Crippen LogP contribution in [0.15, 0.2) is 53.3 Å². The van der Waals surface area contributed by atoms with E-state index >= 15 is 0 Å². The van der Waals surface area contributed by atoms with Crippen LogP contribution in [-0.2, 0) is 20.7 Å². The summed E-state index contributed by atoms with van der Waals surface area (Å²) in [4.78, 5) is 41.8. The first-order chi connectivity index (χ1) is 14.9. The number of rotatable bonds is 8. The van der Waals surface area contributed by atoms with E-state index in [0.29, 0.717) is 22.4 Å². The van der Waals surface area contributed by atoms with Crippen molar-refractivity contribution in [1.29, 1.82) is 0 Å². The quantitative estimate of drug-likeness (QED) is 0.565. The Morgan fingerprint density at radius 3 is 2.55 bits per heavy atom. The van der Waals surface area contributed by atoms with E-state index in [0.717, 1.165) is 12.0 Å². The molecule has 0 fully saturated rings. The number of carbonyl (C=O) groups excluding carboxylic acids is 2. The fourth-order valence-corrected chi connectivity index (χ4v) is 3.16. The van der Waals surface area contributed by atoms with Crippen LogP contribution in [0.25, 0.3) is 16.6 Å². The van der Waals surface area contributed by atoms with E-state index in [1.807, 2.05) is 51.1 Å². The fourth-order valence-electron chi connectivity index (χ4n) is 3.16. The summed E-state index contributed by atoms with van der Waals surface area (Å²) < 4.78 is 6.62. The van der Waals surface area contributed by atoms with Crippen molar-refractivity contribution in [2.24, 2.45) is 0 Å². The molecule has 162 valence electrons. The lowest BCUT2D eigenvalue weighted by Crippen LogP contribution is -2.35. The van der Waals surface area contributed by atoms with Crippen LogP contribution < -0.4 is 10.9 Å². The lowest BCUT2D eigenvalue weighted by molar-refractivity contribution is -0.148. The van der Waals surface area contributed by atoms with Gasteiger partial charge in [0.15, 0.2) is 6.61 Å². The van der Waals surface area contributed by atoms with Gasteiger partial charge in [-0.15, -0.1) is 0 Å². The molecule has 31 heavy (non-hydrogen) atoms.